The Kier molecular flexibility index (Phi) is 4.90. The summed E-state index contributed by atoms with van der Waals surface area (Å²) in [5.41, 5.74) is 4.09. The molecule has 1 N–H and O–H groups in total. The van der Waals surface area contributed by atoms with Gasteiger partial charge in [0.05, 0.1) is 5.69 Å². The molecule has 1 aromatic carbocycles. The van der Waals surface area contributed by atoms with Crippen molar-refractivity contribution in [2.45, 2.75) is 26.2 Å². The van der Waals surface area contributed by atoms with Gasteiger partial charge in [-0.15, -0.1) is 0 Å². The van der Waals surface area contributed by atoms with E-state index in [4.69, 9.17) is 0 Å². The molecule has 2 aromatic heterocycles. The smallest absolute Gasteiger partial charge is 0.270 e. The number of fused-ring (bicyclic) bond motifs is 1. The van der Waals surface area contributed by atoms with Gasteiger partial charge in [0.2, 0.25) is 5.78 Å². The van der Waals surface area contributed by atoms with Crippen molar-refractivity contribution in [1.82, 2.24) is 24.6 Å². The Morgan fingerprint density at radius 3 is 2.96 bits per heavy atom. The van der Waals surface area contributed by atoms with Crippen LogP contribution in [0.4, 0.5) is 0 Å². The van der Waals surface area contributed by atoms with Crippen molar-refractivity contribution in [3.8, 4) is 0 Å². The fourth-order valence-corrected chi connectivity index (χ4v) is 4.02. The van der Waals surface area contributed by atoms with E-state index < -0.39 is 0 Å². The quantitative estimate of drug-likeness (QED) is 0.757. The molecular weight excluding hydrogens is 338 g/mol. The summed E-state index contributed by atoms with van der Waals surface area (Å²) < 4.78 is 1.74. The van der Waals surface area contributed by atoms with Crippen molar-refractivity contribution in [2.24, 2.45) is 0 Å². The van der Waals surface area contributed by atoms with Crippen molar-refractivity contribution in [2.75, 3.05) is 26.2 Å². The van der Waals surface area contributed by atoms with Crippen LogP contribution in [0.2, 0.25) is 0 Å². The molecule has 1 saturated heterocycles. The van der Waals surface area contributed by atoms with Gasteiger partial charge in [-0.3, -0.25) is 9.20 Å². The van der Waals surface area contributed by atoms with Gasteiger partial charge in [0.1, 0.15) is 5.69 Å². The molecule has 6 nitrogen and oxygen atoms in total. The van der Waals surface area contributed by atoms with Gasteiger partial charge in [-0.05, 0) is 49.9 Å². The molecule has 140 valence electrons. The highest BCUT2D eigenvalue weighted by molar-refractivity contribution is 5.94. The van der Waals surface area contributed by atoms with Crippen LogP contribution in [0.15, 0.2) is 42.7 Å². The Balaban J connectivity index is 1.33. The monoisotopic (exact) mass is 363 g/mol. The molecule has 0 saturated carbocycles. The first-order chi connectivity index (χ1) is 13.1. The second-order valence-electron chi connectivity index (χ2n) is 7.23. The number of hydrogen-bond acceptors (Lipinski definition) is 4. The molecule has 1 atom stereocenters. The van der Waals surface area contributed by atoms with Crippen molar-refractivity contribution >= 4 is 11.7 Å². The third-order valence-electron chi connectivity index (χ3n) is 5.41. The number of nitrogens with one attached hydrogen (secondary N) is 1. The lowest BCUT2D eigenvalue weighted by molar-refractivity contribution is 0.0943. The van der Waals surface area contributed by atoms with E-state index in [0.29, 0.717) is 29.6 Å². The summed E-state index contributed by atoms with van der Waals surface area (Å²) in [4.78, 5) is 23.6. The number of imidazole rings is 1. The highest BCUT2D eigenvalue weighted by Gasteiger charge is 2.24. The third-order valence-corrected chi connectivity index (χ3v) is 5.41. The predicted molar refractivity (Wildman–Crippen MR) is 105 cm³/mol. The van der Waals surface area contributed by atoms with Crippen LogP contribution in [-0.4, -0.2) is 51.4 Å². The lowest BCUT2D eigenvalue weighted by Crippen LogP contribution is -2.34. The SMILES string of the molecule is Cc1ccccc1C1CCN(CCNC(=O)c2c(C)nc3ncccn23)C1. The van der Waals surface area contributed by atoms with Crippen LogP contribution in [0.3, 0.4) is 0 Å². The molecule has 0 bridgehead atoms. The zero-order valence-corrected chi connectivity index (χ0v) is 15.9. The molecular formula is C21H25N5O. The summed E-state index contributed by atoms with van der Waals surface area (Å²) in [5.74, 6) is 1.05. The van der Waals surface area contributed by atoms with Gasteiger partial charge in [0, 0.05) is 32.0 Å². The molecule has 1 unspecified atom stereocenters. The Morgan fingerprint density at radius 1 is 1.26 bits per heavy atom. The number of nitrogens with zero attached hydrogens (tertiary/aromatic N) is 4. The minimum atomic E-state index is -0.0948. The average Bonchev–Trinajstić information content (AvgIpc) is 3.25. The Morgan fingerprint density at radius 2 is 2.11 bits per heavy atom. The molecule has 1 aliphatic heterocycles. The van der Waals surface area contributed by atoms with E-state index in [-0.39, 0.29) is 5.91 Å². The molecule has 0 aliphatic carbocycles. The number of aryl methyl sites for hydroxylation is 2. The number of amides is 1. The van der Waals surface area contributed by atoms with Gasteiger partial charge in [-0.25, -0.2) is 9.97 Å². The fraction of sp³-hybridized carbons (Fsp3) is 0.381. The lowest BCUT2D eigenvalue weighted by Gasteiger charge is -2.17. The van der Waals surface area contributed by atoms with E-state index in [9.17, 15) is 4.79 Å². The van der Waals surface area contributed by atoms with Gasteiger partial charge >= 0.3 is 0 Å². The number of hydrogen-bond donors (Lipinski definition) is 1. The molecule has 1 fully saturated rings. The highest BCUT2D eigenvalue weighted by Crippen LogP contribution is 2.28. The van der Waals surface area contributed by atoms with E-state index >= 15 is 0 Å². The first-order valence-corrected chi connectivity index (χ1v) is 9.49. The summed E-state index contributed by atoms with van der Waals surface area (Å²) >= 11 is 0. The maximum Gasteiger partial charge on any atom is 0.270 e. The standard InChI is InChI=1S/C21H25N5O/c1-15-6-3-4-7-18(15)17-8-12-25(14-17)13-10-22-20(27)19-16(2)24-21-23-9-5-11-26(19)21/h3-7,9,11,17H,8,10,12-14H2,1-2H3,(H,22,27). The number of carbonyl (C=O) groups is 1. The molecule has 6 heteroatoms. The fourth-order valence-electron chi connectivity index (χ4n) is 4.02. The number of likely N-dealkylation sites (tertiary alicyclic amines) is 1. The minimum absolute atomic E-state index is 0.0948. The molecule has 1 amide bonds. The van der Waals surface area contributed by atoms with Gasteiger partial charge in [0.25, 0.3) is 5.91 Å². The topological polar surface area (TPSA) is 62.5 Å². The maximum absolute atomic E-state index is 12.6. The number of carbonyl (C=O) groups excluding carboxylic acids is 1. The van der Waals surface area contributed by atoms with E-state index in [1.165, 1.54) is 17.5 Å². The normalized spacial score (nSPS) is 17.5. The molecule has 3 heterocycles. The van der Waals surface area contributed by atoms with E-state index in [0.717, 1.165) is 19.6 Å². The first-order valence-electron chi connectivity index (χ1n) is 9.49. The van der Waals surface area contributed by atoms with Crippen LogP contribution < -0.4 is 5.32 Å². The number of rotatable bonds is 5. The Labute approximate surface area is 159 Å². The van der Waals surface area contributed by atoms with Crippen LogP contribution in [0, 0.1) is 13.8 Å². The first kappa shape index (κ1) is 17.7. The number of aromatic nitrogens is 3. The van der Waals surface area contributed by atoms with Crippen molar-refractivity contribution in [3.05, 3.63) is 65.2 Å². The average molecular weight is 363 g/mol. The van der Waals surface area contributed by atoms with Gasteiger partial charge in [0.15, 0.2) is 0 Å². The van der Waals surface area contributed by atoms with Crippen molar-refractivity contribution < 1.29 is 4.79 Å². The second kappa shape index (κ2) is 7.48. The molecule has 4 rings (SSSR count). The zero-order valence-electron chi connectivity index (χ0n) is 15.9. The third kappa shape index (κ3) is 3.57. The van der Waals surface area contributed by atoms with Crippen LogP contribution in [0.1, 0.15) is 39.6 Å². The Bertz CT molecular complexity index is 964. The molecule has 3 aromatic rings. The van der Waals surface area contributed by atoms with Crippen LogP contribution in [0.25, 0.3) is 5.78 Å². The minimum Gasteiger partial charge on any atom is -0.349 e. The van der Waals surface area contributed by atoms with E-state index in [1.54, 1.807) is 16.7 Å². The lowest BCUT2D eigenvalue weighted by atomic mass is 9.94. The molecule has 1 aliphatic rings. The summed E-state index contributed by atoms with van der Waals surface area (Å²) in [6, 6.07) is 10.5. The molecule has 0 radical (unpaired) electrons. The summed E-state index contributed by atoms with van der Waals surface area (Å²) in [6.45, 7) is 7.66. The summed E-state index contributed by atoms with van der Waals surface area (Å²) in [5, 5.41) is 3.04. The van der Waals surface area contributed by atoms with Gasteiger partial charge in [-0.1, -0.05) is 24.3 Å². The summed E-state index contributed by atoms with van der Waals surface area (Å²) in [7, 11) is 0. The van der Waals surface area contributed by atoms with Crippen LogP contribution in [0.5, 0.6) is 0 Å². The number of benzene rings is 1. The zero-order chi connectivity index (χ0) is 18.8. The predicted octanol–water partition coefficient (Wildman–Crippen LogP) is 2.57. The largest absolute Gasteiger partial charge is 0.349 e. The van der Waals surface area contributed by atoms with E-state index in [2.05, 4.69) is 51.4 Å². The van der Waals surface area contributed by atoms with Crippen molar-refractivity contribution in [3.63, 3.8) is 0 Å². The van der Waals surface area contributed by atoms with Gasteiger partial charge in [-0.2, -0.15) is 0 Å². The molecule has 27 heavy (non-hydrogen) atoms. The van der Waals surface area contributed by atoms with Crippen LogP contribution >= 0.6 is 0 Å². The molecule has 0 spiro atoms. The summed E-state index contributed by atoms with van der Waals surface area (Å²) in [6.07, 6.45) is 4.68. The highest BCUT2D eigenvalue weighted by atomic mass is 16.1. The van der Waals surface area contributed by atoms with E-state index in [1.807, 2.05) is 13.1 Å². The van der Waals surface area contributed by atoms with Crippen LogP contribution in [-0.2, 0) is 0 Å². The van der Waals surface area contributed by atoms with Crippen molar-refractivity contribution in [1.29, 1.82) is 0 Å². The second-order valence-corrected chi connectivity index (χ2v) is 7.23. The van der Waals surface area contributed by atoms with Gasteiger partial charge < -0.3 is 10.2 Å². The Hall–Kier alpha value is -2.73. The maximum atomic E-state index is 12.6.